The van der Waals surface area contributed by atoms with Crippen molar-refractivity contribution in [3.8, 4) is 0 Å². The fourth-order valence-corrected chi connectivity index (χ4v) is 1.62. The number of halogens is 2. The molecule has 0 bridgehead atoms. The van der Waals surface area contributed by atoms with Gasteiger partial charge in [0.1, 0.15) is 0 Å². The lowest BCUT2D eigenvalue weighted by Gasteiger charge is -1.99. The summed E-state index contributed by atoms with van der Waals surface area (Å²) in [6, 6.07) is 0. The van der Waals surface area contributed by atoms with E-state index in [0.29, 0.717) is 0 Å². The third kappa shape index (κ3) is 1.82. The molecule has 0 aliphatic carbocycles. The van der Waals surface area contributed by atoms with E-state index >= 15 is 0 Å². The van der Waals surface area contributed by atoms with Gasteiger partial charge in [0, 0.05) is 13.3 Å². The minimum atomic E-state index is -3.59. The summed E-state index contributed by atoms with van der Waals surface area (Å²) in [7, 11) is -2.41. The fourth-order valence-electron chi connectivity index (χ4n) is 0.839. The van der Waals surface area contributed by atoms with Gasteiger partial charge >= 0.3 is 0 Å². The first-order chi connectivity index (χ1) is 5.84. The van der Waals surface area contributed by atoms with Crippen molar-refractivity contribution in [2.75, 3.05) is 6.26 Å². The predicted molar refractivity (Wildman–Crippen MR) is 39.1 cm³/mol. The maximum Gasteiger partial charge on any atom is 0.297 e. The van der Waals surface area contributed by atoms with E-state index in [-0.39, 0.29) is 0 Å². The van der Waals surface area contributed by atoms with Gasteiger partial charge in [-0.1, -0.05) is 0 Å². The number of aromatic nitrogens is 3. The lowest BCUT2D eigenvalue weighted by Crippen LogP contribution is -2.08. The van der Waals surface area contributed by atoms with Crippen molar-refractivity contribution in [2.24, 2.45) is 7.05 Å². The highest BCUT2D eigenvalue weighted by Gasteiger charge is 2.22. The molecule has 0 saturated heterocycles. The largest absolute Gasteiger partial charge is 0.300 e. The second-order valence-corrected chi connectivity index (χ2v) is 4.38. The van der Waals surface area contributed by atoms with Crippen molar-refractivity contribution < 1.29 is 17.2 Å². The monoisotopic (exact) mass is 211 g/mol. The van der Waals surface area contributed by atoms with Crippen molar-refractivity contribution in [2.45, 2.75) is 11.6 Å². The number of alkyl halides is 2. The molecule has 0 unspecified atom stereocenters. The van der Waals surface area contributed by atoms with Gasteiger partial charge in [0.2, 0.25) is 20.8 Å². The zero-order chi connectivity index (χ0) is 10.2. The van der Waals surface area contributed by atoms with Gasteiger partial charge in [-0.05, 0) is 0 Å². The molecule has 5 nitrogen and oxygen atoms in total. The molecular weight excluding hydrogens is 204 g/mol. The van der Waals surface area contributed by atoms with Crippen LogP contribution >= 0.6 is 0 Å². The van der Waals surface area contributed by atoms with Gasteiger partial charge in [0.25, 0.3) is 6.43 Å². The van der Waals surface area contributed by atoms with Crippen LogP contribution in [0.25, 0.3) is 0 Å². The number of rotatable bonds is 2. The van der Waals surface area contributed by atoms with Crippen LogP contribution in [-0.4, -0.2) is 29.4 Å². The van der Waals surface area contributed by atoms with Crippen molar-refractivity contribution in [3.63, 3.8) is 0 Å². The highest BCUT2D eigenvalue weighted by Crippen LogP contribution is 2.17. The molecule has 0 fully saturated rings. The first kappa shape index (κ1) is 10.0. The van der Waals surface area contributed by atoms with Crippen molar-refractivity contribution >= 4 is 9.84 Å². The fraction of sp³-hybridized carbons (Fsp3) is 0.600. The molecule has 0 spiro atoms. The molecule has 0 amide bonds. The first-order valence-electron chi connectivity index (χ1n) is 3.21. The maximum absolute atomic E-state index is 12.1. The van der Waals surface area contributed by atoms with Crippen LogP contribution in [0, 0.1) is 0 Å². The second-order valence-electron chi connectivity index (χ2n) is 2.47. The molecule has 1 aromatic heterocycles. The van der Waals surface area contributed by atoms with Gasteiger partial charge in [-0.2, -0.15) is 0 Å². The summed E-state index contributed by atoms with van der Waals surface area (Å²) in [5.74, 6) is -0.652. The van der Waals surface area contributed by atoms with Crippen LogP contribution in [0.2, 0.25) is 0 Å². The third-order valence-corrected chi connectivity index (χ3v) is 2.41. The Bertz CT molecular complexity index is 411. The highest BCUT2D eigenvalue weighted by atomic mass is 32.2. The Kier molecular flexibility index (Phi) is 2.33. The number of hydrogen-bond donors (Lipinski definition) is 0. The molecule has 0 atom stereocenters. The van der Waals surface area contributed by atoms with E-state index in [1.807, 2.05) is 0 Å². The van der Waals surface area contributed by atoms with E-state index in [1.165, 1.54) is 7.05 Å². The van der Waals surface area contributed by atoms with Gasteiger partial charge < -0.3 is 4.57 Å². The molecule has 13 heavy (non-hydrogen) atoms. The average Bonchev–Trinajstić information content (AvgIpc) is 2.28. The van der Waals surface area contributed by atoms with Crippen LogP contribution < -0.4 is 0 Å². The van der Waals surface area contributed by atoms with Crippen molar-refractivity contribution in [3.05, 3.63) is 5.82 Å². The van der Waals surface area contributed by atoms with Gasteiger partial charge in [0.15, 0.2) is 0 Å². The maximum atomic E-state index is 12.1. The standard InChI is InChI=1S/C5H7F2N3O2S/c1-10-4(3(6)7)8-9-5(10)13(2,11)12/h3H,1-2H3. The zero-order valence-corrected chi connectivity index (χ0v) is 7.72. The summed E-state index contributed by atoms with van der Waals surface area (Å²) < 4.78 is 46.8. The van der Waals surface area contributed by atoms with Crippen LogP contribution in [0.15, 0.2) is 5.16 Å². The molecule has 0 aliphatic rings. The molecule has 0 radical (unpaired) electrons. The molecule has 1 heterocycles. The zero-order valence-electron chi connectivity index (χ0n) is 6.90. The molecule has 8 heteroatoms. The van der Waals surface area contributed by atoms with Gasteiger partial charge in [-0.25, -0.2) is 17.2 Å². The molecule has 0 saturated carbocycles. The molecule has 0 aromatic carbocycles. The van der Waals surface area contributed by atoms with Crippen LogP contribution in [0.1, 0.15) is 12.2 Å². The summed E-state index contributed by atoms with van der Waals surface area (Å²) >= 11 is 0. The molecular formula is C5H7F2N3O2S. The molecule has 1 aromatic rings. The predicted octanol–water partition coefficient (Wildman–Crippen LogP) is 0.156. The van der Waals surface area contributed by atoms with Gasteiger partial charge in [-0.15, -0.1) is 10.2 Å². The number of sulfone groups is 1. The summed E-state index contributed by atoms with van der Waals surface area (Å²) in [6.07, 6.45) is -1.94. The lowest BCUT2D eigenvalue weighted by molar-refractivity contribution is 0.135. The normalized spacial score (nSPS) is 12.4. The minimum Gasteiger partial charge on any atom is -0.300 e. The van der Waals surface area contributed by atoms with Crippen LogP contribution in [0.5, 0.6) is 0 Å². The molecule has 0 aliphatic heterocycles. The first-order valence-corrected chi connectivity index (χ1v) is 5.10. The van der Waals surface area contributed by atoms with Gasteiger partial charge in [0.05, 0.1) is 0 Å². The van der Waals surface area contributed by atoms with Crippen LogP contribution in [0.3, 0.4) is 0 Å². The Labute approximate surface area is 73.3 Å². The topological polar surface area (TPSA) is 64.8 Å². The quantitative estimate of drug-likeness (QED) is 0.698. The van der Waals surface area contributed by atoms with E-state index in [1.54, 1.807) is 0 Å². The Morgan fingerprint density at radius 2 is 1.92 bits per heavy atom. The summed E-state index contributed by atoms with van der Waals surface area (Å²) in [4.78, 5) is 0. The van der Waals surface area contributed by atoms with E-state index in [4.69, 9.17) is 0 Å². The average molecular weight is 211 g/mol. The number of hydrogen-bond acceptors (Lipinski definition) is 4. The molecule has 1 rings (SSSR count). The molecule has 74 valence electrons. The third-order valence-electron chi connectivity index (χ3n) is 1.40. The Balaban J connectivity index is 3.30. The van der Waals surface area contributed by atoms with E-state index < -0.39 is 27.2 Å². The Morgan fingerprint density at radius 1 is 1.38 bits per heavy atom. The van der Waals surface area contributed by atoms with E-state index in [2.05, 4.69) is 10.2 Å². The minimum absolute atomic E-state index is 0.456. The van der Waals surface area contributed by atoms with Crippen molar-refractivity contribution in [1.29, 1.82) is 0 Å². The molecule has 0 N–H and O–H groups in total. The smallest absolute Gasteiger partial charge is 0.297 e. The SMILES string of the molecule is Cn1c(C(F)F)nnc1S(C)(=O)=O. The Morgan fingerprint density at radius 3 is 2.15 bits per heavy atom. The summed E-state index contributed by atoms with van der Waals surface area (Å²) in [5.41, 5.74) is 0. The van der Waals surface area contributed by atoms with Crippen LogP contribution in [0.4, 0.5) is 8.78 Å². The Hall–Kier alpha value is -1.05. The highest BCUT2D eigenvalue weighted by molar-refractivity contribution is 7.90. The van der Waals surface area contributed by atoms with Gasteiger partial charge in [-0.3, -0.25) is 0 Å². The summed E-state index contributed by atoms with van der Waals surface area (Å²) in [6.45, 7) is 0. The van der Waals surface area contributed by atoms with Crippen molar-refractivity contribution in [1.82, 2.24) is 14.8 Å². The van der Waals surface area contributed by atoms with Crippen LogP contribution in [-0.2, 0) is 16.9 Å². The second kappa shape index (κ2) is 3.02. The van der Waals surface area contributed by atoms with E-state index in [9.17, 15) is 17.2 Å². The number of nitrogens with zero attached hydrogens (tertiary/aromatic N) is 3. The summed E-state index contributed by atoms with van der Waals surface area (Å²) in [5, 5.41) is 5.76. The van der Waals surface area contributed by atoms with E-state index in [0.717, 1.165) is 10.8 Å². The lowest BCUT2D eigenvalue weighted by atomic mass is 10.6.